The molecule has 1 N–H and O–H groups in total. The molecule has 0 saturated carbocycles. The van der Waals surface area contributed by atoms with Crippen LogP contribution in [0.15, 0.2) is 18.2 Å². The van der Waals surface area contributed by atoms with E-state index in [9.17, 15) is 13.2 Å². The number of hydrogen-bond acceptors (Lipinski definition) is 2. The summed E-state index contributed by atoms with van der Waals surface area (Å²) < 4.78 is 41.0. The lowest BCUT2D eigenvalue weighted by Gasteiger charge is -2.10. The average molecular weight is 233 g/mol. The third kappa shape index (κ3) is 4.10. The van der Waals surface area contributed by atoms with Crippen LogP contribution < -0.4 is 10.1 Å². The first kappa shape index (κ1) is 12.8. The van der Waals surface area contributed by atoms with Crippen LogP contribution in [0.4, 0.5) is 13.2 Å². The van der Waals surface area contributed by atoms with Crippen molar-refractivity contribution in [2.24, 2.45) is 0 Å². The number of nitrogens with one attached hydrogen (secondary N) is 1. The summed E-state index contributed by atoms with van der Waals surface area (Å²) in [6, 6.07) is 4.22. The second-order valence-corrected chi connectivity index (χ2v) is 3.68. The van der Waals surface area contributed by atoms with Crippen LogP contribution in [0, 0.1) is 5.82 Å². The van der Waals surface area contributed by atoms with Crippen molar-refractivity contribution >= 4 is 0 Å². The largest absolute Gasteiger partial charge is 0.432 e. The summed E-state index contributed by atoms with van der Waals surface area (Å²) in [4.78, 5) is 0. The van der Waals surface area contributed by atoms with E-state index in [0.29, 0.717) is 12.1 Å². The fraction of sp³-hybridized carbons (Fsp3) is 0.455. The summed E-state index contributed by atoms with van der Waals surface area (Å²) >= 11 is 0. The Kier molecular flexibility index (Phi) is 4.61. The average Bonchev–Trinajstić information content (AvgIpc) is 2.18. The number of halogens is 3. The molecule has 16 heavy (non-hydrogen) atoms. The Morgan fingerprint density at radius 2 is 2.00 bits per heavy atom. The van der Waals surface area contributed by atoms with Gasteiger partial charge < -0.3 is 10.1 Å². The molecule has 1 aromatic carbocycles. The van der Waals surface area contributed by atoms with Gasteiger partial charge in [-0.15, -0.1) is 0 Å². The molecule has 2 nitrogen and oxygen atoms in total. The molecule has 0 radical (unpaired) electrons. The molecule has 0 fully saturated rings. The summed E-state index contributed by atoms with van der Waals surface area (Å²) in [6.45, 7) is 1.41. The molecular formula is C11H14F3NO. The second kappa shape index (κ2) is 5.75. The van der Waals surface area contributed by atoms with Crippen molar-refractivity contribution in [1.82, 2.24) is 5.32 Å². The van der Waals surface area contributed by atoms with Gasteiger partial charge in [-0.3, -0.25) is 0 Å². The molecule has 0 heterocycles. The van der Waals surface area contributed by atoms with Gasteiger partial charge in [-0.25, -0.2) is 4.39 Å². The first-order chi connectivity index (χ1) is 7.49. The highest BCUT2D eigenvalue weighted by atomic mass is 19.3. The lowest BCUT2D eigenvalue weighted by atomic mass is 10.2. The Morgan fingerprint density at radius 1 is 1.31 bits per heavy atom. The Hall–Kier alpha value is -1.23. The van der Waals surface area contributed by atoms with E-state index >= 15 is 0 Å². The van der Waals surface area contributed by atoms with E-state index in [2.05, 4.69) is 10.1 Å². The Bertz CT molecular complexity index is 342. The van der Waals surface area contributed by atoms with Gasteiger partial charge in [-0.2, -0.15) is 8.78 Å². The molecule has 0 atom stereocenters. The highest BCUT2D eigenvalue weighted by Crippen LogP contribution is 2.20. The van der Waals surface area contributed by atoms with Gasteiger partial charge in [0.15, 0.2) is 11.6 Å². The van der Waals surface area contributed by atoms with E-state index in [1.54, 1.807) is 6.07 Å². The fourth-order valence-corrected chi connectivity index (χ4v) is 1.17. The minimum atomic E-state index is -3.01. The summed E-state index contributed by atoms with van der Waals surface area (Å²) in [5, 5.41) is 3.09. The molecular weight excluding hydrogens is 219 g/mol. The van der Waals surface area contributed by atoms with Crippen LogP contribution in [0.5, 0.6) is 5.75 Å². The second-order valence-electron chi connectivity index (χ2n) is 3.68. The van der Waals surface area contributed by atoms with Crippen molar-refractivity contribution in [2.75, 3.05) is 0 Å². The van der Waals surface area contributed by atoms with E-state index in [-0.39, 0.29) is 6.04 Å². The predicted octanol–water partition coefficient (Wildman–Crippen LogP) is 2.93. The van der Waals surface area contributed by atoms with Crippen molar-refractivity contribution in [2.45, 2.75) is 33.0 Å². The third-order valence-corrected chi connectivity index (χ3v) is 1.93. The SMILES string of the molecule is CC(C)NCc1ccc(OC(F)F)c(F)c1. The first-order valence-corrected chi connectivity index (χ1v) is 4.95. The maximum absolute atomic E-state index is 13.2. The predicted molar refractivity (Wildman–Crippen MR) is 55.0 cm³/mol. The molecule has 0 aromatic heterocycles. The number of ether oxygens (including phenoxy) is 1. The summed E-state index contributed by atoms with van der Waals surface area (Å²) in [7, 11) is 0. The number of hydrogen-bond donors (Lipinski definition) is 1. The quantitative estimate of drug-likeness (QED) is 0.844. The van der Waals surface area contributed by atoms with E-state index in [1.807, 2.05) is 13.8 Å². The van der Waals surface area contributed by atoms with Crippen molar-refractivity contribution < 1.29 is 17.9 Å². The van der Waals surface area contributed by atoms with Crippen LogP contribution >= 0.6 is 0 Å². The maximum Gasteiger partial charge on any atom is 0.387 e. The highest BCUT2D eigenvalue weighted by Gasteiger charge is 2.10. The van der Waals surface area contributed by atoms with E-state index in [4.69, 9.17) is 0 Å². The van der Waals surface area contributed by atoms with Crippen molar-refractivity contribution in [3.05, 3.63) is 29.6 Å². The van der Waals surface area contributed by atoms with Gasteiger partial charge in [-0.05, 0) is 17.7 Å². The molecule has 1 rings (SSSR count). The van der Waals surface area contributed by atoms with Crippen molar-refractivity contribution in [3.8, 4) is 5.75 Å². The molecule has 90 valence electrons. The van der Waals surface area contributed by atoms with Crippen LogP contribution in [-0.2, 0) is 6.54 Å². The summed E-state index contributed by atoms with van der Waals surface area (Å²) in [5.41, 5.74) is 0.688. The van der Waals surface area contributed by atoms with Crippen LogP contribution in [0.3, 0.4) is 0 Å². The molecule has 0 unspecified atom stereocenters. The van der Waals surface area contributed by atoms with Gasteiger partial charge in [-0.1, -0.05) is 19.9 Å². The van der Waals surface area contributed by atoms with Gasteiger partial charge in [0, 0.05) is 12.6 Å². The van der Waals surface area contributed by atoms with Crippen molar-refractivity contribution in [3.63, 3.8) is 0 Å². The van der Waals surface area contributed by atoms with Gasteiger partial charge in [0.05, 0.1) is 0 Å². The van der Waals surface area contributed by atoms with Crippen LogP contribution in [-0.4, -0.2) is 12.7 Å². The molecule has 0 aliphatic heterocycles. The molecule has 0 bridgehead atoms. The van der Waals surface area contributed by atoms with Gasteiger partial charge in [0.1, 0.15) is 0 Å². The zero-order valence-corrected chi connectivity index (χ0v) is 9.14. The minimum absolute atomic E-state index is 0.278. The zero-order valence-electron chi connectivity index (χ0n) is 9.14. The molecule has 0 saturated heterocycles. The molecule has 0 aliphatic carbocycles. The number of benzene rings is 1. The van der Waals surface area contributed by atoms with Gasteiger partial charge >= 0.3 is 6.61 Å². The van der Waals surface area contributed by atoms with Crippen LogP contribution in [0.2, 0.25) is 0 Å². The Balaban J connectivity index is 2.67. The van der Waals surface area contributed by atoms with Crippen molar-refractivity contribution in [1.29, 1.82) is 0 Å². The maximum atomic E-state index is 13.2. The number of alkyl halides is 2. The van der Waals surface area contributed by atoms with E-state index < -0.39 is 18.2 Å². The molecule has 1 aromatic rings. The lowest BCUT2D eigenvalue weighted by molar-refractivity contribution is -0.0522. The van der Waals surface area contributed by atoms with Crippen LogP contribution in [0.1, 0.15) is 19.4 Å². The third-order valence-electron chi connectivity index (χ3n) is 1.93. The fourth-order valence-electron chi connectivity index (χ4n) is 1.17. The standard InChI is InChI=1S/C11H14F3NO/c1-7(2)15-6-8-3-4-10(9(12)5-8)16-11(13)14/h3-5,7,11,15H,6H2,1-2H3. The minimum Gasteiger partial charge on any atom is -0.432 e. The monoisotopic (exact) mass is 233 g/mol. The van der Waals surface area contributed by atoms with E-state index in [0.717, 1.165) is 0 Å². The highest BCUT2D eigenvalue weighted by molar-refractivity contribution is 5.29. The normalized spacial score (nSPS) is 11.2. The smallest absolute Gasteiger partial charge is 0.387 e. The summed E-state index contributed by atoms with van der Waals surface area (Å²) in [6.07, 6.45) is 0. The summed E-state index contributed by atoms with van der Waals surface area (Å²) in [5.74, 6) is -1.20. The Labute approximate surface area is 92.4 Å². The van der Waals surface area contributed by atoms with E-state index in [1.165, 1.54) is 12.1 Å². The molecule has 0 amide bonds. The topological polar surface area (TPSA) is 21.3 Å². The van der Waals surface area contributed by atoms with Gasteiger partial charge in [0.25, 0.3) is 0 Å². The molecule has 0 spiro atoms. The molecule has 5 heteroatoms. The van der Waals surface area contributed by atoms with Gasteiger partial charge in [0.2, 0.25) is 0 Å². The number of rotatable bonds is 5. The zero-order chi connectivity index (χ0) is 12.1. The first-order valence-electron chi connectivity index (χ1n) is 4.95. The Morgan fingerprint density at radius 3 is 2.50 bits per heavy atom. The van der Waals surface area contributed by atoms with Crippen LogP contribution in [0.25, 0.3) is 0 Å². The lowest BCUT2D eigenvalue weighted by Crippen LogP contribution is -2.21. The molecule has 0 aliphatic rings.